The molecule has 1 aliphatic heterocycles. The Morgan fingerprint density at radius 3 is 2.59 bits per heavy atom. The van der Waals surface area contributed by atoms with Crippen molar-refractivity contribution in [3.05, 3.63) is 47.3 Å². The Morgan fingerprint density at radius 1 is 1.32 bits per heavy atom. The number of hydrogen-bond acceptors (Lipinski definition) is 4. The van der Waals surface area contributed by atoms with Gasteiger partial charge in [0.15, 0.2) is 5.78 Å². The van der Waals surface area contributed by atoms with Gasteiger partial charge in [0.1, 0.15) is 17.5 Å². The van der Waals surface area contributed by atoms with E-state index in [1.807, 2.05) is 30.3 Å². The lowest BCUT2D eigenvalue weighted by Gasteiger charge is -2.27. The fourth-order valence-corrected chi connectivity index (χ4v) is 2.28. The molecule has 0 unspecified atom stereocenters. The molecule has 0 saturated carbocycles. The zero-order valence-electron chi connectivity index (χ0n) is 12.9. The maximum absolute atomic E-state index is 12.2. The largest absolute Gasteiger partial charge is 0.488 e. The Labute approximate surface area is 130 Å². The minimum absolute atomic E-state index is 0.0278. The number of hydrogen-bond donors (Lipinski definition) is 2. The monoisotopic (exact) mass is 299 g/mol. The van der Waals surface area contributed by atoms with Gasteiger partial charge in [-0.2, -0.15) is 5.10 Å². The molecule has 22 heavy (non-hydrogen) atoms. The Bertz CT molecular complexity index is 642. The Hall–Kier alpha value is -2.14. The van der Waals surface area contributed by atoms with Crippen molar-refractivity contribution in [3.63, 3.8) is 0 Å². The van der Waals surface area contributed by atoms with Gasteiger partial charge < -0.3 is 10.1 Å². The lowest BCUT2D eigenvalue weighted by Crippen LogP contribution is -2.50. The molecule has 3 rings (SSSR count). The number of ketones is 1. The van der Waals surface area contributed by atoms with E-state index < -0.39 is 0 Å². The molecular formula is C17H21N3O2. The molecule has 1 fully saturated rings. The van der Waals surface area contributed by atoms with Crippen molar-refractivity contribution in [2.24, 2.45) is 0 Å². The Morgan fingerprint density at radius 2 is 2.05 bits per heavy atom. The molecular weight excluding hydrogens is 278 g/mol. The van der Waals surface area contributed by atoms with Gasteiger partial charge in [0.2, 0.25) is 0 Å². The van der Waals surface area contributed by atoms with E-state index in [-0.39, 0.29) is 11.9 Å². The zero-order chi connectivity index (χ0) is 15.5. The van der Waals surface area contributed by atoms with Crippen molar-refractivity contribution in [1.29, 1.82) is 0 Å². The second-order valence-corrected chi connectivity index (χ2v) is 6.01. The van der Waals surface area contributed by atoms with Gasteiger partial charge in [0, 0.05) is 25.2 Å². The minimum Gasteiger partial charge on any atom is -0.488 e. The molecule has 1 saturated heterocycles. The van der Waals surface area contributed by atoms with Crippen LogP contribution in [-0.4, -0.2) is 35.2 Å². The standard InChI is InChI=1S/C17H21N3O2/c1-11(2)15-8-16(20-19-15)17(21)7-12-3-5-13(6-4-12)22-14-9-18-10-14/h3-6,8,11,14,18H,7,9-10H2,1-2H3,(H,19,20). The number of aromatic nitrogens is 2. The summed E-state index contributed by atoms with van der Waals surface area (Å²) in [6.07, 6.45) is 0.624. The van der Waals surface area contributed by atoms with Gasteiger partial charge in [-0.05, 0) is 29.7 Å². The first-order valence-electron chi connectivity index (χ1n) is 7.66. The molecule has 5 nitrogen and oxygen atoms in total. The van der Waals surface area contributed by atoms with E-state index in [1.165, 1.54) is 0 Å². The van der Waals surface area contributed by atoms with Crippen LogP contribution in [-0.2, 0) is 6.42 Å². The number of rotatable bonds is 6. The minimum atomic E-state index is 0.0278. The number of carbonyl (C=O) groups is 1. The number of aromatic amines is 1. The van der Waals surface area contributed by atoms with E-state index in [1.54, 1.807) is 0 Å². The highest BCUT2D eigenvalue weighted by Crippen LogP contribution is 2.17. The summed E-state index contributed by atoms with van der Waals surface area (Å²) in [6, 6.07) is 9.56. The van der Waals surface area contributed by atoms with E-state index in [9.17, 15) is 4.79 Å². The molecule has 0 aliphatic carbocycles. The molecule has 2 heterocycles. The van der Waals surface area contributed by atoms with Crippen molar-refractivity contribution < 1.29 is 9.53 Å². The number of H-pyrrole nitrogens is 1. The predicted molar refractivity (Wildman–Crippen MR) is 84.4 cm³/mol. The number of Topliss-reactive ketones (excluding diaryl/α,β-unsaturated/α-hetero) is 1. The van der Waals surface area contributed by atoms with Crippen LogP contribution in [0.3, 0.4) is 0 Å². The molecule has 0 bridgehead atoms. The van der Waals surface area contributed by atoms with Crippen molar-refractivity contribution >= 4 is 5.78 Å². The first-order valence-corrected chi connectivity index (χ1v) is 7.66. The number of nitrogens with one attached hydrogen (secondary N) is 2. The lowest BCUT2D eigenvalue weighted by molar-refractivity contribution is 0.0988. The molecule has 1 aromatic carbocycles. The van der Waals surface area contributed by atoms with Crippen LogP contribution in [0, 0.1) is 0 Å². The number of ether oxygens (including phenoxy) is 1. The van der Waals surface area contributed by atoms with Crippen LogP contribution in [0.1, 0.15) is 41.5 Å². The molecule has 2 N–H and O–H groups in total. The maximum Gasteiger partial charge on any atom is 0.187 e. The normalized spacial score (nSPS) is 14.9. The summed E-state index contributed by atoms with van der Waals surface area (Å²) < 4.78 is 5.76. The molecule has 2 aromatic rings. The summed E-state index contributed by atoms with van der Waals surface area (Å²) >= 11 is 0. The second kappa shape index (κ2) is 6.32. The molecule has 0 atom stereocenters. The Balaban J connectivity index is 1.60. The average Bonchev–Trinajstić information content (AvgIpc) is 2.94. The van der Waals surface area contributed by atoms with Gasteiger partial charge >= 0.3 is 0 Å². The summed E-state index contributed by atoms with van der Waals surface area (Å²) in [5, 5.41) is 10.2. The van der Waals surface area contributed by atoms with Gasteiger partial charge in [-0.15, -0.1) is 0 Å². The van der Waals surface area contributed by atoms with E-state index in [0.29, 0.717) is 18.0 Å². The Kier molecular flexibility index (Phi) is 4.24. The number of benzene rings is 1. The zero-order valence-corrected chi connectivity index (χ0v) is 12.9. The average molecular weight is 299 g/mol. The predicted octanol–water partition coefficient (Wildman–Crippen LogP) is 2.31. The van der Waals surface area contributed by atoms with Crippen LogP contribution in [0.5, 0.6) is 5.75 Å². The summed E-state index contributed by atoms with van der Waals surface area (Å²) in [7, 11) is 0. The summed E-state index contributed by atoms with van der Waals surface area (Å²) in [6.45, 7) is 5.94. The summed E-state index contributed by atoms with van der Waals surface area (Å²) in [5.74, 6) is 1.22. The van der Waals surface area contributed by atoms with Crippen LogP contribution in [0.15, 0.2) is 30.3 Å². The van der Waals surface area contributed by atoms with Crippen LogP contribution < -0.4 is 10.1 Å². The highest BCUT2D eigenvalue weighted by molar-refractivity contribution is 5.95. The third-order valence-electron chi connectivity index (χ3n) is 3.84. The van der Waals surface area contributed by atoms with E-state index >= 15 is 0 Å². The molecule has 1 aromatic heterocycles. The lowest BCUT2D eigenvalue weighted by atomic mass is 10.1. The molecule has 116 valence electrons. The maximum atomic E-state index is 12.2. The van der Waals surface area contributed by atoms with Gasteiger partial charge in [-0.25, -0.2) is 0 Å². The quantitative estimate of drug-likeness (QED) is 0.803. The summed E-state index contributed by atoms with van der Waals surface area (Å²) in [4.78, 5) is 12.2. The first-order chi connectivity index (χ1) is 10.6. The highest BCUT2D eigenvalue weighted by Gasteiger charge is 2.18. The van der Waals surface area contributed by atoms with E-state index in [2.05, 4.69) is 29.4 Å². The topological polar surface area (TPSA) is 67.0 Å². The van der Waals surface area contributed by atoms with Crippen LogP contribution in [0.25, 0.3) is 0 Å². The van der Waals surface area contributed by atoms with E-state index in [4.69, 9.17) is 4.74 Å². The third-order valence-corrected chi connectivity index (χ3v) is 3.84. The SMILES string of the molecule is CC(C)c1cc(C(=O)Cc2ccc(OC3CNC3)cc2)n[nH]1. The van der Waals surface area contributed by atoms with Crippen LogP contribution >= 0.6 is 0 Å². The molecule has 1 aliphatic rings. The third kappa shape index (κ3) is 3.36. The molecule has 0 radical (unpaired) electrons. The first kappa shape index (κ1) is 14.8. The van der Waals surface area contributed by atoms with E-state index in [0.717, 1.165) is 30.1 Å². The molecule has 5 heteroatoms. The highest BCUT2D eigenvalue weighted by atomic mass is 16.5. The van der Waals surface area contributed by atoms with Gasteiger partial charge in [-0.3, -0.25) is 9.89 Å². The van der Waals surface area contributed by atoms with Crippen LogP contribution in [0.2, 0.25) is 0 Å². The smallest absolute Gasteiger partial charge is 0.187 e. The molecule has 0 spiro atoms. The second-order valence-electron chi connectivity index (χ2n) is 6.01. The number of carbonyl (C=O) groups excluding carboxylic acids is 1. The fourth-order valence-electron chi connectivity index (χ4n) is 2.28. The van der Waals surface area contributed by atoms with Gasteiger partial charge in [0.25, 0.3) is 0 Å². The van der Waals surface area contributed by atoms with Gasteiger partial charge in [-0.1, -0.05) is 26.0 Å². The fraction of sp³-hybridized carbons (Fsp3) is 0.412. The van der Waals surface area contributed by atoms with Gasteiger partial charge in [0.05, 0.1) is 0 Å². The number of nitrogens with zero attached hydrogens (tertiary/aromatic N) is 1. The van der Waals surface area contributed by atoms with Crippen molar-refractivity contribution in [1.82, 2.24) is 15.5 Å². The summed E-state index contributed by atoms with van der Waals surface area (Å²) in [5.41, 5.74) is 2.46. The van der Waals surface area contributed by atoms with Crippen molar-refractivity contribution in [3.8, 4) is 5.75 Å². The van der Waals surface area contributed by atoms with Crippen LogP contribution in [0.4, 0.5) is 0 Å². The van der Waals surface area contributed by atoms with Crippen molar-refractivity contribution in [2.75, 3.05) is 13.1 Å². The van der Waals surface area contributed by atoms with Crippen molar-refractivity contribution in [2.45, 2.75) is 32.3 Å². The molecule has 0 amide bonds.